The van der Waals surface area contributed by atoms with Crippen LogP contribution in [0.5, 0.6) is 0 Å². The molecule has 1 aliphatic rings. The van der Waals surface area contributed by atoms with Gasteiger partial charge in [-0.1, -0.05) is 0 Å². The molecule has 2 rings (SSSR count). The highest BCUT2D eigenvalue weighted by atomic mass is 16.5. The smallest absolute Gasteiger partial charge is 0.257 e. The average Bonchev–Trinajstić information content (AvgIpc) is 2.39. The molecule has 1 fully saturated rings. The molecule has 1 amide bonds. The second-order valence-corrected chi connectivity index (χ2v) is 4.73. The third kappa shape index (κ3) is 2.98. The Morgan fingerprint density at radius 1 is 1.67 bits per heavy atom. The number of anilines is 1. The maximum atomic E-state index is 12.2. The van der Waals surface area contributed by atoms with Gasteiger partial charge in [-0.05, 0) is 24.8 Å². The maximum Gasteiger partial charge on any atom is 0.257 e. The van der Waals surface area contributed by atoms with Crippen LogP contribution in [0.25, 0.3) is 0 Å². The Balaban J connectivity index is 1.98. The van der Waals surface area contributed by atoms with Crippen molar-refractivity contribution in [3.05, 3.63) is 24.0 Å². The van der Waals surface area contributed by atoms with Gasteiger partial charge in [0.25, 0.3) is 5.91 Å². The van der Waals surface area contributed by atoms with E-state index in [1.807, 2.05) is 0 Å². The van der Waals surface area contributed by atoms with Crippen molar-refractivity contribution in [2.45, 2.75) is 12.8 Å². The number of nitrogens with zero attached hydrogens (tertiary/aromatic N) is 2. The van der Waals surface area contributed by atoms with E-state index in [2.05, 4.69) is 4.98 Å². The lowest BCUT2D eigenvalue weighted by Crippen LogP contribution is -2.35. The fourth-order valence-electron chi connectivity index (χ4n) is 2.21. The van der Waals surface area contributed by atoms with Crippen LogP contribution < -0.4 is 5.73 Å². The second-order valence-electron chi connectivity index (χ2n) is 4.73. The lowest BCUT2D eigenvalue weighted by atomic mass is 10.0. The van der Waals surface area contributed by atoms with E-state index >= 15 is 0 Å². The van der Waals surface area contributed by atoms with Gasteiger partial charge >= 0.3 is 0 Å². The molecule has 1 aliphatic heterocycles. The van der Waals surface area contributed by atoms with E-state index in [1.54, 1.807) is 24.2 Å². The van der Waals surface area contributed by atoms with Gasteiger partial charge in [0.15, 0.2) is 0 Å². The van der Waals surface area contributed by atoms with Gasteiger partial charge in [0.1, 0.15) is 0 Å². The first-order chi connectivity index (χ1) is 8.68. The minimum atomic E-state index is -0.0776. The molecule has 1 aromatic rings. The fraction of sp³-hybridized carbons (Fsp3) is 0.538. The molecule has 0 aromatic carbocycles. The molecule has 5 heteroatoms. The molecule has 98 valence electrons. The molecule has 2 heterocycles. The van der Waals surface area contributed by atoms with E-state index in [4.69, 9.17) is 10.5 Å². The number of rotatable bonds is 3. The average molecular weight is 249 g/mol. The number of ether oxygens (including phenoxy) is 1. The number of pyridine rings is 1. The number of carbonyl (C=O) groups is 1. The van der Waals surface area contributed by atoms with Crippen molar-refractivity contribution in [2.24, 2.45) is 5.92 Å². The van der Waals surface area contributed by atoms with Gasteiger partial charge in [-0.15, -0.1) is 0 Å². The zero-order valence-corrected chi connectivity index (χ0v) is 10.6. The van der Waals surface area contributed by atoms with Gasteiger partial charge in [0, 0.05) is 38.3 Å². The van der Waals surface area contributed by atoms with Crippen LogP contribution in [0, 0.1) is 5.92 Å². The van der Waals surface area contributed by atoms with Gasteiger partial charge < -0.3 is 15.4 Å². The van der Waals surface area contributed by atoms with E-state index < -0.39 is 0 Å². The Bertz CT molecular complexity index is 416. The Kier molecular flexibility index (Phi) is 4.15. The van der Waals surface area contributed by atoms with Crippen LogP contribution in [-0.2, 0) is 4.74 Å². The van der Waals surface area contributed by atoms with E-state index in [0.717, 1.165) is 26.1 Å². The van der Waals surface area contributed by atoms with Crippen molar-refractivity contribution in [1.82, 2.24) is 9.88 Å². The zero-order valence-electron chi connectivity index (χ0n) is 10.6. The quantitative estimate of drug-likeness (QED) is 0.873. The van der Waals surface area contributed by atoms with E-state index in [0.29, 0.717) is 23.7 Å². The first kappa shape index (κ1) is 12.8. The van der Waals surface area contributed by atoms with Crippen molar-refractivity contribution < 1.29 is 9.53 Å². The number of nitrogens with two attached hydrogens (primary N) is 1. The van der Waals surface area contributed by atoms with Crippen LogP contribution in [-0.4, -0.2) is 42.6 Å². The summed E-state index contributed by atoms with van der Waals surface area (Å²) in [5.41, 5.74) is 6.72. The lowest BCUT2D eigenvalue weighted by molar-refractivity contribution is 0.0389. The molecule has 5 nitrogen and oxygen atoms in total. The Hall–Kier alpha value is -1.62. The summed E-state index contributed by atoms with van der Waals surface area (Å²) >= 11 is 0. The highest BCUT2D eigenvalue weighted by molar-refractivity contribution is 5.98. The van der Waals surface area contributed by atoms with Crippen LogP contribution in [0.15, 0.2) is 18.5 Å². The molecule has 1 atom stereocenters. The number of amides is 1. The molecule has 18 heavy (non-hydrogen) atoms. The molecule has 1 saturated heterocycles. The van der Waals surface area contributed by atoms with Gasteiger partial charge in [0.05, 0.1) is 12.2 Å². The zero-order chi connectivity index (χ0) is 13.0. The van der Waals surface area contributed by atoms with Crippen LogP contribution in [0.1, 0.15) is 23.2 Å². The molecule has 1 aromatic heterocycles. The van der Waals surface area contributed by atoms with Crippen molar-refractivity contribution in [3.63, 3.8) is 0 Å². The van der Waals surface area contributed by atoms with Gasteiger partial charge in [0.2, 0.25) is 0 Å². The largest absolute Gasteiger partial charge is 0.398 e. The normalized spacial score (nSPS) is 19.5. The van der Waals surface area contributed by atoms with Crippen molar-refractivity contribution >= 4 is 11.6 Å². The molecule has 0 bridgehead atoms. The summed E-state index contributed by atoms with van der Waals surface area (Å²) in [7, 11) is 1.80. The van der Waals surface area contributed by atoms with Gasteiger partial charge in [-0.2, -0.15) is 0 Å². The van der Waals surface area contributed by atoms with Gasteiger partial charge in [-0.25, -0.2) is 0 Å². The summed E-state index contributed by atoms with van der Waals surface area (Å²) in [6.45, 7) is 2.27. The SMILES string of the molecule is CN(C[C@H]1CCCOC1)C(=O)c1cnccc1N. The molecule has 0 unspecified atom stereocenters. The summed E-state index contributed by atoms with van der Waals surface area (Å²) in [6, 6.07) is 1.64. The molecule has 2 N–H and O–H groups in total. The van der Waals surface area contributed by atoms with Gasteiger partial charge in [-0.3, -0.25) is 9.78 Å². The molecular weight excluding hydrogens is 230 g/mol. The van der Waals surface area contributed by atoms with E-state index in [9.17, 15) is 4.79 Å². The third-order valence-electron chi connectivity index (χ3n) is 3.22. The summed E-state index contributed by atoms with van der Waals surface area (Å²) in [4.78, 5) is 17.8. The highest BCUT2D eigenvalue weighted by Crippen LogP contribution is 2.17. The van der Waals surface area contributed by atoms with Crippen LogP contribution in [0.2, 0.25) is 0 Å². The molecule has 0 aliphatic carbocycles. The first-order valence-corrected chi connectivity index (χ1v) is 6.21. The third-order valence-corrected chi connectivity index (χ3v) is 3.22. The Labute approximate surface area is 107 Å². The first-order valence-electron chi connectivity index (χ1n) is 6.21. The standard InChI is InChI=1S/C13H19N3O2/c1-16(8-10-3-2-6-18-9-10)13(17)11-7-15-5-4-12(11)14/h4-5,7,10H,2-3,6,8-9H2,1H3,(H2,14,15)/t10-/m1/s1. The van der Waals surface area contributed by atoms with E-state index in [-0.39, 0.29) is 5.91 Å². The summed E-state index contributed by atoms with van der Waals surface area (Å²) in [6.07, 6.45) is 5.29. The minimum absolute atomic E-state index is 0.0776. The molecular formula is C13H19N3O2. The minimum Gasteiger partial charge on any atom is -0.398 e. The van der Waals surface area contributed by atoms with Crippen LogP contribution in [0.4, 0.5) is 5.69 Å². The summed E-state index contributed by atoms with van der Waals surface area (Å²) in [5, 5.41) is 0. The van der Waals surface area contributed by atoms with E-state index in [1.165, 1.54) is 6.20 Å². The summed E-state index contributed by atoms with van der Waals surface area (Å²) in [5.74, 6) is 0.344. The number of aromatic nitrogens is 1. The van der Waals surface area contributed by atoms with Crippen molar-refractivity contribution in [3.8, 4) is 0 Å². The number of hydrogen-bond donors (Lipinski definition) is 1. The lowest BCUT2D eigenvalue weighted by Gasteiger charge is -2.27. The Morgan fingerprint density at radius 3 is 3.17 bits per heavy atom. The molecule has 0 saturated carbocycles. The number of hydrogen-bond acceptors (Lipinski definition) is 4. The number of nitrogen functional groups attached to an aromatic ring is 1. The highest BCUT2D eigenvalue weighted by Gasteiger charge is 2.20. The second kappa shape index (κ2) is 5.82. The predicted molar refractivity (Wildman–Crippen MR) is 69.2 cm³/mol. The number of carbonyl (C=O) groups excluding carboxylic acids is 1. The Morgan fingerprint density at radius 2 is 2.50 bits per heavy atom. The van der Waals surface area contributed by atoms with Crippen molar-refractivity contribution in [2.75, 3.05) is 32.5 Å². The molecule has 0 radical (unpaired) electrons. The predicted octanol–water partition coefficient (Wildman–Crippen LogP) is 1.16. The molecule has 0 spiro atoms. The maximum absolute atomic E-state index is 12.2. The van der Waals surface area contributed by atoms with Crippen molar-refractivity contribution in [1.29, 1.82) is 0 Å². The topological polar surface area (TPSA) is 68.5 Å². The summed E-state index contributed by atoms with van der Waals surface area (Å²) < 4.78 is 5.42. The fourth-order valence-corrected chi connectivity index (χ4v) is 2.21. The van der Waals surface area contributed by atoms with Crippen LogP contribution in [0.3, 0.4) is 0 Å². The van der Waals surface area contributed by atoms with Crippen LogP contribution >= 0.6 is 0 Å². The monoisotopic (exact) mass is 249 g/mol.